The summed E-state index contributed by atoms with van der Waals surface area (Å²) in [5.74, 6) is -2.27. The number of rotatable bonds is 7. The molecule has 2 aromatic rings. The zero-order valence-corrected chi connectivity index (χ0v) is 14.2. The lowest BCUT2D eigenvalue weighted by Crippen LogP contribution is -2.57. The summed E-state index contributed by atoms with van der Waals surface area (Å²) < 4.78 is 28.2. The number of likely N-dealkylation sites (tertiary alicyclic amines) is 1. The molecule has 1 aromatic heterocycles. The van der Waals surface area contributed by atoms with E-state index in [-0.39, 0.29) is 13.1 Å². The zero-order chi connectivity index (χ0) is 18.6. The Kier molecular flexibility index (Phi) is 5.58. The molecular weight excluding hydrogens is 344 g/mol. The topological polar surface area (TPSA) is 83.3 Å². The fourth-order valence-corrected chi connectivity index (χ4v) is 3.08. The molecule has 1 atom stereocenters. The molecule has 0 bridgehead atoms. The van der Waals surface area contributed by atoms with Crippen LogP contribution in [-0.4, -0.2) is 55.9 Å². The lowest BCUT2D eigenvalue weighted by Gasteiger charge is -2.38. The summed E-state index contributed by atoms with van der Waals surface area (Å²) in [5, 5.41) is 21.2. The minimum atomic E-state index is -1.50. The number of carbonyl (C=O) groups excluding carboxylic acids is 1. The van der Waals surface area contributed by atoms with Crippen molar-refractivity contribution in [2.24, 2.45) is 0 Å². The monoisotopic (exact) mass is 365 g/mol. The van der Waals surface area contributed by atoms with Gasteiger partial charge in [0.15, 0.2) is 17.2 Å². The number of aliphatic hydroxyl groups is 1. The highest BCUT2D eigenvalue weighted by Gasteiger charge is 2.41. The van der Waals surface area contributed by atoms with Gasteiger partial charge in [-0.05, 0) is 30.5 Å². The van der Waals surface area contributed by atoms with Gasteiger partial charge in [0.25, 0.3) is 5.91 Å². The molecule has 2 N–H and O–H groups in total. The van der Waals surface area contributed by atoms with Gasteiger partial charge >= 0.3 is 0 Å². The lowest BCUT2D eigenvalue weighted by molar-refractivity contribution is -0.157. The first-order chi connectivity index (χ1) is 12.5. The first-order valence-electron chi connectivity index (χ1n) is 8.47. The highest BCUT2D eigenvalue weighted by atomic mass is 19.2. The zero-order valence-electron chi connectivity index (χ0n) is 14.2. The van der Waals surface area contributed by atoms with Gasteiger partial charge in [0.2, 0.25) is 0 Å². The van der Waals surface area contributed by atoms with Gasteiger partial charge < -0.3 is 19.9 Å². The smallest absolute Gasteiger partial charge is 0.256 e. The number of nitrogens with one attached hydrogen (secondary N) is 1. The Morgan fingerprint density at radius 2 is 2.00 bits per heavy atom. The SMILES string of the molecule is O=C1N(Cc2ccc(F)c(F)c2)CCC[C@@]1(O)CNCCn1cnnc1. The summed E-state index contributed by atoms with van der Waals surface area (Å²) in [4.78, 5) is 14.2. The third-order valence-corrected chi connectivity index (χ3v) is 4.49. The van der Waals surface area contributed by atoms with Gasteiger partial charge in [0, 0.05) is 32.7 Å². The second kappa shape index (κ2) is 7.88. The molecular formula is C17H21F2N5O2. The predicted octanol–water partition coefficient (Wildman–Crippen LogP) is 0.700. The summed E-state index contributed by atoms with van der Waals surface area (Å²) in [7, 11) is 0. The quantitative estimate of drug-likeness (QED) is 0.706. The normalized spacial score (nSPS) is 20.6. The molecule has 140 valence electrons. The molecule has 1 saturated heterocycles. The molecule has 0 spiro atoms. The fraction of sp³-hybridized carbons (Fsp3) is 0.471. The molecule has 1 aromatic carbocycles. The molecule has 1 amide bonds. The van der Waals surface area contributed by atoms with Crippen LogP contribution in [0.2, 0.25) is 0 Å². The minimum absolute atomic E-state index is 0.127. The largest absolute Gasteiger partial charge is 0.379 e. The predicted molar refractivity (Wildman–Crippen MR) is 88.9 cm³/mol. The molecule has 26 heavy (non-hydrogen) atoms. The van der Waals surface area contributed by atoms with Gasteiger partial charge in [-0.25, -0.2) is 8.78 Å². The van der Waals surface area contributed by atoms with Crippen molar-refractivity contribution in [2.75, 3.05) is 19.6 Å². The van der Waals surface area contributed by atoms with Crippen LogP contribution in [-0.2, 0) is 17.9 Å². The van der Waals surface area contributed by atoms with Gasteiger partial charge in [0.1, 0.15) is 12.7 Å². The van der Waals surface area contributed by atoms with E-state index in [1.54, 1.807) is 17.2 Å². The van der Waals surface area contributed by atoms with Crippen LogP contribution >= 0.6 is 0 Å². The van der Waals surface area contributed by atoms with Gasteiger partial charge in [-0.3, -0.25) is 4.79 Å². The summed E-state index contributed by atoms with van der Waals surface area (Å²) >= 11 is 0. The van der Waals surface area contributed by atoms with Crippen LogP contribution in [0.15, 0.2) is 30.9 Å². The fourth-order valence-electron chi connectivity index (χ4n) is 3.08. The standard InChI is InChI=1S/C17H21F2N5O2/c18-14-3-2-13(8-15(14)19)9-24-6-1-4-17(26,16(24)25)10-20-5-7-23-11-21-22-12-23/h2-3,8,11-12,20,26H,1,4-7,9-10H2/t17-/m1/s1. The number of hydrogen-bond acceptors (Lipinski definition) is 5. The average molecular weight is 365 g/mol. The van der Waals surface area contributed by atoms with Crippen LogP contribution < -0.4 is 5.32 Å². The molecule has 0 radical (unpaired) electrons. The highest BCUT2D eigenvalue weighted by Crippen LogP contribution is 2.24. The highest BCUT2D eigenvalue weighted by molar-refractivity contribution is 5.86. The number of carbonyl (C=O) groups is 1. The number of benzene rings is 1. The van der Waals surface area contributed by atoms with Gasteiger partial charge in [0.05, 0.1) is 0 Å². The van der Waals surface area contributed by atoms with E-state index < -0.39 is 23.1 Å². The van der Waals surface area contributed by atoms with Crippen molar-refractivity contribution >= 4 is 5.91 Å². The second-order valence-electron chi connectivity index (χ2n) is 6.49. The van der Waals surface area contributed by atoms with E-state index in [9.17, 15) is 18.7 Å². The number of halogens is 2. The Morgan fingerprint density at radius 1 is 1.23 bits per heavy atom. The molecule has 1 fully saturated rings. The van der Waals surface area contributed by atoms with Crippen molar-refractivity contribution in [1.82, 2.24) is 25.0 Å². The molecule has 0 aliphatic carbocycles. The van der Waals surface area contributed by atoms with E-state index in [1.807, 2.05) is 0 Å². The van der Waals surface area contributed by atoms with Crippen LogP contribution in [0, 0.1) is 11.6 Å². The third-order valence-electron chi connectivity index (χ3n) is 4.49. The van der Waals surface area contributed by atoms with Crippen LogP contribution in [0.5, 0.6) is 0 Å². The van der Waals surface area contributed by atoms with Crippen LogP contribution in [0.3, 0.4) is 0 Å². The Morgan fingerprint density at radius 3 is 2.73 bits per heavy atom. The van der Waals surface area contributed by atoms with Crippen LogP contribution in [0.25, 0.3) is 0 Å². The van der Waals surface area contributed by atoms with E-state index in [4.69, 9.17) is 0 Å². The number of aromatic nitrogens is 3. The Hall–Kier alpha value is -2.39. The van der Waals surface area contributed by atoms with Crippen molar-refractivity contribution in [3.05, 3.63) is 48.1 Å². The molecule has 0 saturated carbocycles. The molecule has 1 aliphatic heterocycles. The molecule has 2 heterocycles. The van der Waals surface area contributed by atoms with E-state index in [0.717, 1.165) is 12.1 Å². The van der Waals surface area contributed by atoms with Crippen molar-refractivity contribution in [1.29, 1.82) is 0 Å². The van der Waals surface area contributed by atoms with Crippen LogP contribution in [0.4, 0.5) is 8.78 Å². The minimum Gasteiger partial charge on any atom is -0.379 e. The number of amides is 1. The van der Waals surface area contributed by atoms with Crippen molar-refractivity contribution in [3.63, 3.8) is 0 Å². The summed E-state index contributed by atoms with van der Waals surface area (Å²) in [5.41, 5.74) is -1.01. The summed E-state index contributed by atoms with van der Waals surface area (Å²) in [6.07, 6.45) is 4.18. The lowest BCUT2D eigenvalue weighted by atomic mass is 9.91. The Labute approximate surface area is 149 Å². The number of piperidine rings is 1. The second-order valence-corrected chi connectivity index (χ2v) is 6.49. The van der Waals surface area contributed by atoms with Crippen molar-refractivity contribution in [3.8, 4) is 0 Å². The maximum Gasteiger partial charge on any atom is 0.256 e. The van der Waals surface area contributed by atoms with Gasteiger partial charge in [-0.15, -0.1) is 10.2 Å². The van der Waals surface area contributed by atoms with E-state index >= 15 is 0 Å². The average Bonchev–Trinajstić information content (AvgIpc) is 3.13. The molecule has 3 rings (SSSR count). The maximum absolute atomic E-state index is 13.4. The maximum atomic E-state index is 13.4. The first-order valence-corrected chi connectivity index (χ1v) is 8.47. The van der Waals surface area contributed by atoms with E-state index in [0.29, 0.717) is 38.0 Å². The van der Waals surface area contributed by atoms with Crippen LogP contribution in [0.1, 0.15) is 18.4 Å². The number of hydrogen-bond donors (Lipinski definition) is 2. The number of nitrogens with zero attached hydrogens (tertiary/aromatic N) is 4. The molecule has 1 aliphatic rings. The third kappa shape index (κ3) is 4.23. The van der Waals surface area contributed by atoms with Crippen molar-refractivity contribution in [2.45, 2.75) is 31.5 Å². The summed E-state index contributed by atoms with van der Waals surface area (Å²) in [6.45, 7) is 1.91. The first kappa shape index (κ1) is 18.4. The molecule has 0 unspecified atom stereocenters. The molecule has 9 heteroatoms. The summed E-state index contributed by atoms with van der Waals surface area (Å²) in [6, 6.07) is 3.56. The van der Waals surface area contributed by atoms with E-state index in [2.05, 4.69) is 15.5 Å². The Balaban J connectivity index is 1.56. The molecule has 7 nitrogen and oxygen atoms in total. The Bertz CT molecular complexity index is 756. The van der Waals surface area contributed by atoms with Crippen molar-refractivity contribution < 1.29 is 18.7 Å². The van der Waals surface area contributed by atoms with E-state index in [1.165, 1.54) is 11.0 Å². The van der Waals surface area contributed by atoms with Gasteiger partial charge in [-0.2, -0.15) is 0 Å². The van der Waals surface area contributed by atoms with Gasteiger partial charge in [-0.1, -0.05) is 6.07 Å².